The molecule has 2 heterocycles. The molecule has 0 radical (unpaired) electrons. The molecular formula is C17H31IN4S. The molecule has 1 atom stereocenters. The minimum absolute atomic E-state index is 0. The van der Waals surface area contributed by atoms with Crippen molar-refractivity contribution >= 4 is 41.3 Å². The number of nitrogens with two attached hydrogens (primary N) is 1. The number of nitrogens with zero attached hydrogens (tertiary/aromatic N) is 3. The van der Waals surface area contributed by atoms with Gasteiger partial charge in [-0.2, -0.15) is 11.3 Å². The molecule has 1 fully saturated rings. The highest BCUT2D eigenvalue weighted by molar-refractivity contribution is 14.0. The zero-order valence-corrected chi connectivity index (χ0v) is 17.7. The summed E-state index contributed by atoms with van der Waals surface area (Å²) in [6, 6.07) is 2.55. The Kier molecular flexibility index (Phi) is 9.46. The van der Waals surface area contributed by atoms with E-state index in [2.05, 4.69) is 47.4 Å². The number of piperidine rings is 1. The lowest BCUT2D eigenvalue weighted by Crippen LogP contribution is -2.43. The third-order valence-electron chi connectivity index (χ3n) is 4.71. The van der Waals surface area contributed by atoms with Crippen LogP contribution >= 0.6 is 35.3 Å². The fourth-order valence-electron chi connectivity index (χ4n) is 3.08. The van der Waals surface area contributed by atoms with E-state index in [9.17, 15) is 0 Å². The SMILES string of the molecule is CCN(CC)C(CN=C(N)N1CCC(C)CC1)c1ccsc1.I. The van der Waals surface area contributed by atoms with Crippen LogP contribution in [0.4, 0.5) is 0 Å². The maximum atomic E-state index is 6.24. The molecule has 0 bridgehead atoms. The van der Waals surface area contributed by atoms with Crippen molar-refractivity contribution in [2.24, 2.45) is 16.6 Å². The maximum Gasteiger partial charge on any atom is 0.191 e. The molecule has 23 heavy (non-hydrogen) atoms. The predicted molar refractivity (Wildman–Crippen MR) is 112 cm³/mol. The van der Waals surface area contributed by atoms with Crippen LogP contribution in [0.3, 0.4) is 0 Å². The first-order valence-corrected chi connectivity index (χ1v) is 9.41. The van der Waals surface area contributed by atoms with Gasteiger partial charge in [-0.15, -0.1) is 24.0 Å². The van der Waals surface area contributed by atoms with E-state index in [0.717, 1.165) is 44.6 Å². The summed E-state index contributed by atoms with van der Waals surface area (Å²) >= 11 is 1.75. The van der Waals surface area contributed by atoms with Crippen LogP contribution in [0.2, 0.25) is 0 Å². The zero-order chi connectivity index (χ0) is 15.9. The molecule has 1 aromatic heterocycles. The van der Waals surface area contributed by atoms with Crippen LogP contribution in [0.25, 0.3) is 0 Å². The Morgan fingerprint density at radius 1 is 1.39 bits per heavy atom. The predicted octanol–water partition coefficient (Wildman–Crippen LogP) is 3.80. The van der Waals surface area contributed by atoms with Gasteiger partial charge in [0, 0.05) is 13.1 Å². The molecule has 4 nitrogen and oxygen atoms in total. The number of likely N-dealkylation sites (N-methyl/N-ethyl adjacent to an activating group) is 1. The number of likely N-dealkylation sites (tertiary alicyclic amines) is 1. The molecule has 0 saturated carbocycles. The van der Waals surface area contributed by atoms with E-state index >= 15 is 0 Å². The van der Waals surface area contributed by atoms with E-state index in [4.69, 9.17) is 10.7 Å². The molecule has 1 saturated heterocycles. The Balaban J connectivity index is 0.00000264. The molecule has 0 aromatic carbocycles. The van der Waals surface area contributed by atoms with Crippen molar-refractivity contribution in [2.75, 3.05) is 32.7 Å². The summed E-state index contributed by atoms with van der Waals surface area (Å²) in [4.78, 5) is 9.43. The summed E-state index contributed by atoms with van der Waals surface area (Å²) in [6.45, 7) is 11.6. The van der Waals surface area contributed by atoms with Crippen LogP contribution in [-0.4, -0.2) is 48.5 Å². The van der Waals surface area contributed by atoms with Gasteiger partial charge >= 0.3 is 0 Å². The van der Waals surface area contributed by atoms with Crippen LogP contribution in [0.1, 0.15) is 45.2 Å². The summed E-state index contributed by atoms with van der Waals surface area (Å²) in [6.07, 6.45) is 2.44. The number of halogens is 1. The summed E-state index contributed by atoms with van der Waals surface area (Å²) in [5.41, 5.74) is 7.60. The van der Waals surface area contributed by atoms with Gasteiger partial charge in [0.15, 0.2) is 5.96 Å². The fourth-order valence-corrected chi connectivity index (χ4v) is 3.79. The molecule has 1 aliphatic rings. The van der Waals surface area contributed by atoms with Crippen molar-refractivity contribution in [3.8, 4) is 0 Å². The van der Waals surface area contributed by atoms with Gasteiger partial charge in [-0.3, -0.25) is 9.89 Å². The smallest absolute Gasteiger partial charge is 0.191 e. The lowest BCUT2D eigenvalue weighted by atomic mass is 10.00. The topological polar surface area (TPSA) is 44.9 Å². The van der Waals surface area contributed by atoms with Gasteiger partial charge in [-0.25, -0.2) is 0 Å². The van der Waals surface area contributed by atoms with Gasteiger partial charge in [-0.1, -0.05) is 20.8 Å². The van der Waals surface area contributed by atoms with Crippen LogP contribution < -0.4 is 5.73 Å². The quantitative estimate of drug-likeness (QED) is 0.408. The van der Waals surface area contributed by atoms with Crippen LogP contribution in [0.15, 0.2) is 21.8 Å². The Hall–Kier alpha value is -0.340. The molecule has 2 rings (SSSR count). The first-order valence-electron chi connectivity index (χ1n) is 8.46. The molecule has 1 aliphatic heterocycles. The standard InChI is InChI=1S/C17H30N4S.HI/c1-4-20(5-2)16(15-8-11-22-13-15)12-19-17(18)21-9-6-14(3)7-10-21;/h8,11,13-14,16H,4-7,9-10,12H2,1-3H3,(H2,18,19);1H. The second-order valence-corrected chi connectivity index (χ2v) is 6.94. The summed E-state index contributed by atoms with van der Waals surface area (Å²) in [7, 11) is 0. The lowest BCUT2D eigenvalue weighted by molar-refractivity contribution is 0.223. The van der Waals surface area contributed by atoms with E-state index in [-0.39, 0.29) is 24.0 Å². The van der Waals surface area contributed by atoms with Crippen LogP contribution in [-0.2, 0) is 0 Å². The number of guanidine groups is 1. The van der Waals surface area contributed by atoms with E-state index < -0.39 is 0 Å². The van der Waals surface area contributed by atoms with E-state index in [0.29, 0.717) is 6.04 Å². The normalized spacial score (nSPS) is 18.1. The highest BCUT2D eigenvalue weighted by Crippen LogP contribution is 2.23. The van der Waals surface area contributed by atoms with Crippen molar-refractivity contribution in [2.45, 2.75) is 39.7 Å². The average molecular weight is 450 g/mol. The Labute approximate surface area is 162 Å². The van der Waals surface area contributed by atoms with Crippen molar-refractivity contribution in [3.63, 3.8) is 0 Å². The minimum atomic E-state index is 0. The average Bonchev–Trinajstić information content (AvgIpc) is 3.06. The molecule has 6 heteroatoms. The summed E-state index contributed by atoms with van der Waals surface area (Å²) in [5.74, 6) is 1.54. The number of aliphatic imine (C=N–C) groups is 1. The summed E-state index contributed by atoms with van der Waals surface area (Å²) < 4.78 is 0. The number of hydrogen-bond donors (Lipinski definition) is 1. The Bertz CT molecular complexity index is 451. The Morgan fingerprint density at radius 3 is 2.57 bits per heavy atom. The van der Waals surface area contributed by atoms with Crippen molar-refractivity contribution < 1.29 is 0 Å². The maximum absolute atomic E-state index is 6.24. The third-order valence-corrected chi connectivity index (χ3v) is 5.42. The minimum Gasteiger partial charge on any atom is -0.370 e. The number of rotatable bonds is 6. The molecule has 2 N–H and O–H groups in total. The van der Waals surface area contributed by atoms with Crippen LogP contribution in [0.5, 0.6) is 0 Å². The molecule has 1 aromatic rings. The van der Waals surface area contributed by atoms with Crippen LogP contribution in [0, 0.1) is 5.92 Å². The molecule has 0 spiro atoms. The molecule has 1 unspecified atom stereocenters. The van der Waals surface area contributed by atoms with Gasteiger partial charge in [0.25, 0.3) is 0 Å². The number of hydrogen-bond acceptors (Lipinski definition) is 3. The van der Waals surface area contributed by atoms with Gasteiger partial charge in [0.1, 0.15) is 0 Å². The van der Waals surface area contributed by atoms with E-state index in [1.165, 1.54) is 18.4 Å². The zero-order valence-electron chi connectivity index (χ0n) is 14.6. The molecule has 0 amide bonds. The van der Waals surface area contributed by atoms with Crippen molar-refractivity contribution in [1.82, 2.24) is 9.80 Å². The second kappa shape index (κ2) is 10.5. The number of thiophene rings is 1. The highest BCUT2D eigenvalue weighted by atomic mass is 127. The highest BCUT2D eigenvalue weighted by Gasteiger charge is 2.20. The monoisotopic (exact) mass is 450 g/mol. The van der Waals surface area contributed by atoms with Crippen molar-refractivity contribution in [3.05, 3.63) is 22.4 Å². The van der Waals surface area contributed by atoms with Crippen molar-refractivity contribution in [1.29, 1.82) is 0 Å². The second-order valence-electron chi connectivity index (χ2n) is 6.16. The van der Waals surface area contributed by atoms with Gasteiger partial charge < -0.3 is 10.6 Å². The van der Waals surface area contributed by atoms with E-state index in [1.54, 1.807) is 11.3 Å². The van der Waals surface area contributed by atoms with E-state index in [1.807, 2.05) is 0 Å². The van der Waals surface area contributed by atoms with Gasteiger partial charge in [-0.05, 0) is 54.2 Å². The summed E-state index contributed by atoms with van der Waals surface area (Å²) in [5, 5.41) is 4.38. The molecular weight excluding hydrogens is 419 g/mol. The fraction of sp³-hybridized carbons (Fsp3) is 0.706. The Morgan fingerprint density at radius 2 is 2.04 bits per heavy atom. The molecule has 0 aliphatic carbocycles. The van der Waals surface area contributed by atoms with Gasteiger partial charge in [0.2, 0.25) is 0 Å². The third kappa shape index (κ3) is 5.90. The molecule has 132 valence electrons. The lowest BCUT2D eigenvalue weighted by Gasteiger charge is -2.32. The first kappa shape index (κ1) is 20.7. The van der Waals surface area contributed by atoms with Gasteiger partial charge in [0.05, 0.1) is 12.6 Å². The first-order chi connectivity index (χ1) is 10.7. The largest absolute Gasteiger partial charge is 0.370 e.